The molecule has 6 nitrogen and oxygen atoms in total. The van der Waals surface area contributed by atoms with E-state index in [0.29, 0.717) is 17.2 Å². The molecule has 0 bridgehead atoms. The molecule has 0 aliphatic carbocycles. The number of thiophene rings is 1. The molecule has 0 radical (unpaired) electrons. The topological polar surface area (TPSA) is 75.7 Å². The normalized spacial score (nSPS) is 27.0. The summed E-state index contributed by atoms with van der Waals surface area (Å²) in [5, 5.41) is 4.71. The minimum atomic E-state index is -3.61. The molecule has 3 atom stereocenters. The highest BCUT2D eigenvalue weighted by Crippen LogP contribution is 2.28. The first kappa shape index (κ1) is 17.8. The predicted octanol–water partition coefficient (Wildman–Crippen LogP) is 1.97. The van der Waals surface area contributed by atoms with Gasteiger partial charge in [0.15, 0.2) is 0 Å². The lowest BCUT2D eigenvalue weighted by molar-refractivity contribution is -0.127. The van der Waals surface area contributed by atoms with Crippen LogP contribution in [0.25, 0.3) is 0 Å². The first-order chi connectivity index (χ1) is 11.5. The fraction of sp³-hybridized carbons (Fsp3) is 0.688. The van der Waals surface area contributed by atoms with Gasteiger partial charge in [0.25, 0.3) is 10.0 Å². The quantitative estimate of drug-likeness (QED) is 0.857. The molecule has 3 heterocycles. The second kappa shape index (κ2) is 7.51. The Labute approximate surface area is 147 Å². The summed E-state index contributed by atoms with van der Waals surface area (Å²) in [4.78, 5) is 12.7. The Hall–Kier alpha value is -0.960. The van der Waals surface area contributed by atoms with Crippen molar-refractivity contribution in [3.63, 3.8) is 0 Å². The van der Waals surface area contributed by atoms with Crippen molar-refractivity contribution in [2.45, 2.75) is 61.4 Å². The van der Waals surface area contributed by atoms with Crippen LogP contribution in [-0.4, -0.2) is 50.0 Å². The molecule has 0 aromatic carbocycles. The SMILES string of the molecule is CC(NC(=O)C1CCCCN1S(=O)(=O)c1cccs1)C1CCCO1. The molecule has 0 saturated carbocycles. The molecular weight excluding hydrogens is 348 g/mol. The van der Waals surface area contributed by atoms with Crippen molar-refractivity contribution in [3.8, 4) is 0 Å². The lowest BCUT2D eigenvalue weighted by atomic mass is 10.0. The molecule has 24 heavy (non-hydrogen) atoms. The first-order valence-electron chi connectivity index (χ1n) is 8.47. The van der Waals surface area contributed by atoms with E-state index in [-0.39, 0.29) is 18.1 Å². The van der Waals surface area contributed by atoms with Crippen LogP contribution in [0.1, 0.15) is 39.0 Å². The van der Waals surface area contributed by atoms with Crippen LogP contribution in [0, 0.1) is 0 Å². The third-order valence-electron chi connectivity index (χ3n) is 4.71. The molecule has 8 heteroatoms. The van der Waals surface area contributed by atoms with Crippen molar-refractivity contribution in [2.24, 2.45) is 0 Å². The van der Waals surface area contributed by atoms with E-state index in [1.807, 2.05) is 6.92 Å². The summed E-state index contributed by atoms with van der Waals surface area (Å²) < 4.78 is 33.0. The third-order valence-corrected chi connectivity index (χ3v) is 7.99. The van der Waals surface area contributed by atoms with Gasteiger partial charge in [0.2, 0.25) is 5.91 Å². The van der Waals surface area contributed by atoms with Crippen LogP contribution < -0.4 is 5.32 Å². The summed E-state index contributed by atoms with van der Waals surface area (Å²) in [7, 11) is -3.61. The highest BCUT2D eigenvalue weighted by molar-refractivity contribution is 7.91. The Morgan fingerprint density at radius 3 is 2.88 bits per heavy atom. The van der Waals surface area contributed by atoms with Crippen LogP contribution in [-0.2, 0) is 19.6 Å². The lowest BCUT2D eigenvalue weighted by Gasteiger charge is -2.34. The molecular formula is C16H24N2O4S2. The third kappa shape index (κ3) is 3.66. The Kier molecular flexibility index (Phi) is 5.59. The van der Waals surface area contributed by atoms with Gasteiger partial charge in [0.1, 0.15) is 10.3 Å². The molecule has 0 spiro atoms. The minimum Gasteiger partial charge on any atom is -0.376 e. The average Bonchev–Trinajstić information content (AvgIpc) is 3.28. The van der Waals surface area contributed by atoms with Crippen LogP contribution in [0.15, 0.2) is 21.7 Å². The molecule has 3 rings (SSSR count). The zero-order chi connectivity index (χ0) is 17.2. The predicted molar refractivity (Wildman–Crippen MR) is 92.4 cm³/mol. The van der Waals surface area contributed by atoms with Gasteiger partial charge in [-0.15, -0.1) is 11.3 Å². The van der Waals surface area contributed by atoms with E-state index in [0.717, 1.165) is 32.3 Å². The van der Waals surface area contributed by atoms with Crippen LogP contribution in [0.3, 0.4) is 0 Å². The Morgan fingerprint density at radius 1 is 1.38 bits per heavy atom. The number of carbonyl (C=O) groups is 1. The van der Waals surface area contributed by atoms with Gasteiger partial charge in [-0.2, -0.15) is 4.31 Å². The van der Waals surface area contributed by atoms with Crippen molar-refractivity contribution >= 4 is 27.3 Å². The summed E-state index contributed by atoms with van der Waals surface area (Å²) >= 11 is 1.19. The smallest absolute Gasteiger partial charge is 0.253 e. The number of nitrogens with one attached hydrogen (secondary N) is 1. The molecule has 2 aliphatic heterocycles. The van der Waals surface area contributed by atoms with Crippen molar-refractivity contribution in [3.05, 3.63) is 17.5 Å². The number of nitrogens with zero attached hydrogens (tertiary/aromatic N) is 1. The van der Waals surface area contributed by atoms with Crippen molar-refractivity contribution < 1.29 is 17.9 Å². The van der Waals surface area contributed by atoms with Gasteiger partial charge in [-0.05, 0) is 44.1 Å². The molecule has 2 aliphatic rings. The van der Waals surface area contributed by atoms with Crippen LogP contribution in [0.4, 0.5) is 0 Å². The lowest BCUT2D eigenvalue weighted by Crippen LogP contribution is -2.54. The van der Waals surface area contributed by atoms with Crippen LogP contribution in [0.5, 0.6) is 0 Å². The fourth-order valence-corrected chi connectivity index (χ4v) is 6.17. The van der Waals surface area contributed by atoms with Crippen molar-refractivity contribution in [1.82, 2.24) is 9.62 Å². The van der Waals surface area contributed by atoms with Gasteiger partial charge < -0.3 is 10.1 Å². The van der Waals surface area contributed by atoms with E-state index >= 15 is 0 Å². The highest BCUT2D eigenvalue weighted by Gasteiger charge is 2.39. The van der Waals surface area contributed by atoms with Gasteiger partial charge in [0, 0.05) is 13.2 Å². The summed E-state index contributed by atoms with van der Waals surface area (Å²) in [5.41, 5.74) is 0. The molecule has 134 valence electrons. The maximum absolute atomic E-state index is 12.8. The number of piperidine rings is 1. The number of sulfonamides is 1. The zero-order valence-corrected chi connectivity index (χ0v) is 15.4. The van der Waals surface area contributed by atoms with Gasteiger partial charge in [-0.25, -0.2) is 8.42 Å². The standard InChI is InChI=1S/C16H24N2O4S2/c1-12(14-7-4-10-22-14)17-16(19)13-6-2-3-9-18(13)24(20,21)15-8-5-11-23-15/h5,8,11-14H,2-4,6-7,9-10H2,1H3,(H,17,19). The molecule has 3 unspecified atom stereocenters. The molecule has 1 N–H and O–H groups in total. The van der Waals surface area contributed by atoms with E-state index in [1.54, 1.807) is 17.5 Å². The van der Waals surface area contributed by atoms with Gasteiger partial charge in [0.05, 0.1) is 12.1 Å². The number of hydrogen-bond donors (Lipinski definition) is 1. The molecule has 1 aromatic heterocycles. The molecule has 1 amide bonds. The minimum absolute atomic E-state index is 0.0277. The number of hydrogen-bond acceptors (Lipinski definition) is 5. The number of ether oxygens (including phenoxy) is 1. The maximum Gasteiger partial charge on any atom is 0.253 e. The maximum atomic E-state index is 12.8. The van der Waals surface area contributed by atoms with Crippen LogP contribution in [0.2, 0.25) is 0 Å². The Bertz CT molecular complexity index is 654. The average molecular weight is 373 g/mol. The molecule has 2 saturated heterocycles. The van der Waals surface area contributed by atoms with E-state index in [2.05, 4.69) is 5.32 Å². The summed E-state index contributed by atoms with van der Waals surface area (Å²) in [5.74, 6) is -0.210. The first-order valence-corrected chi connectivity index (χ1v) is 10.8. The zero-order valence-electron chi connectivity index (χ0n) is 13.8. The van der Waals surface area contributed by atoms with Gasteiger partial charge in [-0.3, -0.25) is 4.79 Å². The van der Waals surface area contributed by atoms with E-state index in [9.17, 15) is 13.2 Å². The number of carbonyl (C=O) groups excluding carboxylic acids is 1. The summed E-state index contributed by atoms with van der Waals surface area (Å²) in [6.45, 7) is 3.05. The molecule has 1 aromatic rings. The highest BCUT2D eigenvalue weighted by atomic mass is 32.2. The van der Waals surface area contributed by atoms with Gasteiger partial charge in [-0.1, -0.05) is 12.5 Å². The second-order valence-corrected chi connectivity index (χ2v) is 9.47. The van der Waals surface area contributed by atoms with Crippen LogP contribution >= 0.6 is 11.3 Å². The fourth-order valence-electron chi connectivity index (χ4n) is 3.39. The number of rotatable bonds is 5. The summed E-state index contributed by atoms with van der Waals surface area (Å²) in [6.07, 6.45) is 4.18. The van der Waals surface area contributed by atoms with E-state index in [4.69, 9.17) is 4.74 Å². The second-order valence-electron chi connectivity index (χ2n) is 6.41. The monoisotopic (exact) mass is 372 g/mol. The largest absolute Gasteiger partial charge is 0.376 e. The molecule has 2 fully saturated rings. The number of amides is 1. The Balaban J connectivity index is 1.73. The van der Waals surface area contributed by atoms with Crippen molar-refractivity contribution in [1.29, 1.82) is 0 Å². The summed E-state index contributed by atoms with van der Waals surface area (Å²) in [6, 6.07) is 2.58. The van der Waals surface area contributed by atoms with E-state index < -0.39 is 16.1 Å². The Morgan fingerprint density at radius 2 is 2.21 bits per heavy atom. The van der Waals surface area contributed by atoms with Crippen molar-refractivity contribution in [2.75, 3.05) is 13.2 Å². The van der Waals surface area contributed by atoms with Gasteiger partial charge >= 0.3 is 0 Å². The van der Waals surface area contributed by atoms with E-state index in [1.165, 1.54) is 15.6 Å².